The van der Waals surface area contributed by atoms with Crippen LogP contribution in [0.2, 0.25) is 5.02 Å². The molecular weight excluding hydrogens is 408 g/mol. The molecule has 0 bridgehead atoms. The van der Waals surface area contributed by atoms with Crippen molar-refractivity contribution in [2.75, 3.05) is 32.0 Å². The quantitative estimate of drug-likeness (QED) is 0.538. The molecule has 0 atom stereocenters. The summed E-state index contributed by atoms with van der Waals surface area (Å²) in [7, 11) is 4.45. The molecule has 1 aliphatic rings. The van der Waals surface area contributed by atoms with Crippen LogP contribution in [0.25, 0.3) is 0 Å². The van der Waals surface area contributed by atoms with Gasteiger partial charge >= 0.3 is 5.97 Å². The van der Waals surface area contributed by atoms with Gasteiger partial charge in [-0.25, -0.2) is 4.79 Å². The number of anilines is 2. The standard InChI is InChI=1S/C18H19ClN2O4S2/c1-23-12-8-11(13(24-2)7-10(12)19)20-18(26)21-16-15(17(22)25-3)9-5-4-6-14(9)27-16/h7-8H,4-6H2,1-3H3,(H2,20,21,26). The number of thiophene rings is 1. The normalized spacial score (nSPS) is 12.3. The molecule has 27 heavy (non-hydrogen) atoms. The summed E-state index contributed by atoms with van der Waals surface area (Å²) >= 11 is 13.1. The van der Waals surface area contributed by atoms with Crippen molar-refractivity contribution in [3.05, 3.63) is 33.2 Å². The van der Waals surface area contributed by atoms with Gasteiger partial charge in [-0.05, 0) is 37.0 Å². The molecule has 0 spiro atoms. The van der Waals surface area contributed by atoms with Crippen LogP contribution in [0, 0.1) is 0 Å². The number of nitrogens with one attached hydrogen (secondary N) is 2. The molecule has 0 aliphatic heterocycles. The van der Waals surface area contributed by atoms with Crippen molar-refractivity contribution >= 4 is 56.9 Å². The van der Waals surface area contributed by atoms with Crippen LogP contribution in [0.1, 0.15) is 27.2 Å². The summed E-state index contributed by atoms with van der Waals surface area (Å²) in [6, 6.07) is 3.34. The number of ether oxygens (including phenoxy) is 3. The third-order valence-corrected chi connectivity index (χ3v) is 5.97. The topological polar surface area (TPSA) is 68.8 Å². The molecule has 1 aliphatic carbocycles. The van der Waals surface area contributed by atoms with E-state index in [2.05, 4.69) is 10.6 Å². The summed E-state index contributed by atoms with van der Waals surface area (Å²) in [6.07, 6.45) is 2.89. The minimum atomic E-state index is -0.356. The Kier molecular flexibility index (Phi) is 6.08. The van der Waals surface area contributed by atoms with E-state index in [0.717, 1.165) is 24.8 Å². The highest BCUT2D eigenvalue weighted by atomic mass is 35.5. The van der Waals surface area contributed by atoms with Crippen molar-refractivity contribution in [1.29, 1.82) is 0 Å². The Balaban J connectivity index is 1.84. The molecule has 2 aromatic rings. The number of esters is 1. The fourth-order valence-corrected chi connectivity index (χ4v) is 4.81. The highest BCUT2D eigenvalue weighted by Gasteiger charge is 2.27. The van der Waals surface area contributed by atoms with E-state index in [1.807, 2.05) is 0 Å². The van der Waals surface area contributed by atoms with Crippen molar-refractivity contribution in [3.63, 3.8) is 0 Å². The van der Waals surface area contributed by atoms with Crippen LogP contribution < -0.4 is 20.1 Å². The average molecular weight is 427 g/mol. The minimum Gasteiger partial charge on any atom is -0.495 e. The van der Waals surface area contributed by atoms with E-state index in [4.69, 9.17) is 38.0 Å². The molecule has 0 saturated carbocycles. The molecule has 1 aromatic carbocycles. The largest absolute Gasteiger partial charge is 0.495 e. The molecule has 1 aromatic heterocycles. The van der Waals surface area contributed by atoms with Crippen LogP contribution in [0.4, 0.5) is 10.7 Å². The summed E-state index contributed by atoms with van der Waals surface area (Å²) in [4.78, 5) is 13.4. The summed E-state index contributed by atoms with van der Waals surface area (Å²) in [5.74, 6) is 0.658. The molecule has 0 saturated heterocycles. The van der Waals surface area contributed by atoms with Crippen LogP contribution in [0.5, 0.6) is 11.5 Å². The maximum atomic E-state index is 12.2. The SMILES string of the molecule is COC(=O)c1c(NC(=S)Nc2cc(OC)c(Cl)cc2OC)sc2c1CCC2. The molecular formula is C18H19ClN2O4S2. The number of hydrogen-bond donors (Lipinski definition) is 2. The van der Waals surface area contributed by atoms with Gasteiger partial charge in [-0.15, -0.1) is 11.3 Å². The molecule has 0 radical (unpaired) electrons. The second-order valence-corrected chi connectivity index (χ2v) is 7.74. The zero-order chi connectivity index (χ0) is 19.6. The van der Waals surface area contributed by atoms with Gasteiger partial charge in [0.25, 0.3) is 0 Å². The van der Waals surface area contributed by atoms with Crippen molar-refractivity contribution in [3.8, 4) is 11.5 Å². The number of methoxy groups -OCH3 is 3. The Labute approximate surface area is 171 Å². The number of carbonyl (C=O) groups is 1. The van der Waals surface area contributed by atoms with Crippen molar-refractivity contribution < 1.29 is 19.0 Å². The van der Waals surface area contributed by atoms with Crippen LogP contribution in [0.3, 0.4) is 0 Å². The molecule has 2 N–H and O–H groups in total. The van der Waals surface area contributed by atoms with E-state index in [9.17, 15) is 4.79 Å². The number of fused-ring (bicyclic) bond motifs is 1. The average Bonchev–Trinajstić information content (AvgIpc) is 3.22. The first-order valence-electron chi connectivity index (χ1n) is 8.20. The number of thiocarbonyl (C=S) groups is 1. The number of rotatable bonds is 5. The summed E-state index contributed by atoms with van der Waals surface area (Å²) in [5, 5.41) is 7.63. The molecule has 144 valence electrons. The van der Waals surface area contributed by atoms with E-state index >= 15 is 0 Å². The molecule has 1 heterocycles. The fraction of sp³-hybridized carbons (Fsp3) is 0.333. The Morgan fingerprint density at radius 3 is 2.56 bits per heavy atom. The zero-order valence-corrected chi connectivity index (χ0v) is 17.5. The highest BCUT2D eigenvalue weighted by molar-refractivity contribution is 7.80. The lowest BCUT2D eigenvalue weighted by Crippen LogP contribution is -2.20. The first kappa shape index (κ1) is 19.7. The fourth-order valence-electron chi connectivity index (χ4n) is 3.03. The third-order valence-electron chi connectivity index (χ3n) is 4.26. The zero-order valence-electron chi connectivity index (χ0n) is 15.1. The lowest BCUT2D eigenvalue weighted by atomic mass is 10.1. The van der Waals surface area contributed by atoms with Gasteiger partial charge in [-0.3, -0.25) is 0 Å². The van der Waals surface area contributed by atoms with Crippen molar-refractivity contribution in [1.82, 2.24) is 0 Å². The molecule has 0 unspecified atom stereocenters. The van der Waals surface area contributed by atoms with Gasteiger partial charge in [0.1, 0.15) is 16.5 Å². The lowest BCUT2D eigenvalue weighted by Gasteiger charge is -2.15. The van der Waals surface area contributed by atoms with Gasteiger partial charge in [-0.1, -0.05) is 11.6 Å². The van der Waals surface area contributed by atoms with E-state index in [1.54, 1.807) is 19.2 Å². The second kappa shape index (κ2) is 8.33. The summed E-state index contributed by atoms with van der Waals surface area (Å²) in [6.45, 7) is 0. The van der Waals surface area contributed by atoms with Crippen LogP contribution in [-0.2, 0) is 17.6 Å². The van der Waals surface area contributed by atoms with Crippen molar-refractivity contribution in [2.45, 2.75) is 19.3 Å². The minimum absolute atomic E-state index is 0.322. The van der Waals surface area contributed by atoms with Gasteiger partial charge in [-0.2, -0.15) is 0 Å². The number of hydrogen-bond acceptors (Lipinski definition) is 6. The summed E-state index contributed by atoms with van der Waals surface area (Å²) in [5.41, 5.74) is 2.22. The van der Waals surface area contributed by atoms with E-state index < -0.39 is 0 Å². The monoisotopic (exact) mass is 426 g/mol. The molecule has 9 heteroatoms. The lowest BCUT2D eigenvalue weighted by molar-refractivity contribution is 0.0601. The molecule has 0 amide bonds. The maximum absolute atomic E-state index is 12.2. The van der Waals surface area contributed by atoms with Gasteiger partial charge in [0.15, 0.2) is 5.11 Å². The second-order valence-electron chi connectivity index (χ2n) is 5.82. The Morgan fingerprint density at radius 2 is 1.89 bits per heavy atom. The van der Waals surface area contributed by atoms with E-state index in [0.29, 0.717) is 37.9 Å². The van der Waals surface area contributed by atoms with Gasteiger partial charge in [0.05, 0.1) is 37.6 Å². The molecule has 3 rings (SSSR count). The number of halogens is 1. The highest BCUT2D eigenvalue weighted by Crippen LogP contribution is 2.40. The predicted octanol–water partition coefficient (Wildman–Crippen LogP) is 4.50. The number of carbonyl (C=O) groups excluding carboxylic acids is 1. The van der Waals surface area contributed by atoms with E-state index in [1.165, 1.54) is 30.4 Å². The van der Waals surface area contributed by atoms with Crippen LogP contribution in [0.15, 0.2) is 12.1 Å². The van der Waals surface area contributed by atoms with Crippen molar-refractivity contribution in [2.24, 2.45) is 0 Å². The number of aryl methyl sites for hydroxylation is 1. The van der Waals surface area contributed by atoms with Gasteiger partial charge < -0.3 is 24.8 Å². The summed E-state index contributed by atoms with van der Waals surface area (Å²) < 4.78 is 15.5. The van der Waals surface area contributed by atoms with Crippen LogP contribution in [-0.4, -0.2) is 32.4 Å². The molecule has 6 nitrogen and oxygen atoms in total. The molecule has 0 fully saturated rings. The van der Waals surface area contributed by atoms with E-state index in [-0.39, 0.29) is 5.97 Å². The smallest absolute Gasteiger partial charge is 0.341 e. The first-order chi connectivity index (χ1) is 13.0. The van der Waals surface area contributed by atoms with Gasteiger partial charge in [0, 0.05) is 17.0 Å². The van der Waals surface area contributed by atoms with Crippen LogP contribution >= 0.6 is 35.2 Å². The maximum Gasteiger partial charge on any atom is 0.341 e. The predicted molar refractivity (Wildman–Crippen MR) is 112 cm³/mol. The van der Waals surface area contributed by atoms with Gasteiger partial charge in [0.2, 0.25) is 0 Å². The first-order valence-corrected chi connectivity index (χ1v) is 9.81. The third kappa shape index (κ3) is 3.97. The number of benzene rings is 1. The Morgan fingerprint density at radius 1 is 1.15 bits per heavy atom. The Hall–Kier alpha value is -2.03. The Bertz CT molecular complexity index is 898.